The predicted molar refractivity (Wildman–Crippen MR) is 126 cm³/mol. The first-order valence-corrected chi connectivity index (χ1v) is 10.8. The molecule has 180 valence electrons. The molecule has 2 N–H and O–H groups in total. The van der Waals surface area contributed by atoms with Gasteiger partial charge in [0.25, 0.3) is 0 Å². The number of carboxylic acid groups (broad SMARTS) is 1. The van der Waals surface area contributed by atoms with E-state index in [2.05, 4.69) is 10.3 Å². The highest BCUT2D eigenvalue weighted by Gasteiger charge is 2.19. The van der Waals surface area contributed by atoms with Crippen molar-refractivity contribution in [2.75, 3.05) is 5.32 Å². The van der Waals surface area contributed by atoms with E-state index in [-0.39, 0.29) is 36.6 Å². The molecule has 1 atom stereocenters. The fraction of sp³-hybridized carbons (Fsp3) is 0.304. The molecule has 3 aromatic rings. The maximum Gasteiger partial charge on any atom is 0.354 e. The number of anilines is 2. The van der Waals surface area contributed by atoms with Crippen LogP contribution in [0.3, 0.4) is 0 Å². The van der Waals surface area contributed by atoms with E-state index < -0.39 is 29.1 Å². The number of benzene rings is 2. The van der Waals surface area contributed by atoms with Crippen LogP contribution in [0.25, 0.3) is 0 Å². The van der Waals surface area contributed by atoms with Crippen LogP contribution in [-0.2, 0) is 17.9 Å². The fourth-order valence-corrected chi connectivity index (χ4v) is 3.23. The summed E-state index contributed by atoms with van der Waals surface area (Å²) in [5, 5.41) is 12.5. The van der Waals surface area contributed by atoms with Gasteiger partial charge >= 0.3 is 17.3 Å². The summed E-state index contributed by atoms with van der Waals surface area (Å²) in [5.41, 5.74) is -0.764. The molecule has 0 spiro atoms. The van der Waals surface area contributed by atoms with Crippen molar-refractivity contribution in [3.8, 4) is 5.75 Å². The summed E-state index contributed by atoms with van der Waals surface area (Å²) in [4.78, 5) is 41.0. The largest absolute Gasteiger partial charge is 0.488 e. The van der Waals surface area contributed by atoms with E-state index in [1.165, 1.54) is 23.6 Å². The zero-order valence-corrected chi connectivity index (χ0v) is 19.5. The van der Waals surface area contributed by atoms with Crippen LogP contribution >= 0.6 is 11.6 Å². The molecule has 0 aliphatic heterocycles. The number of aromatic nitrogens is 3. The van der Waals surface area contributed by atoms with Gasteiger partial charge in [-0.3, -0.25) is 9.36 Å². The molecule has 1 heterocycles. The normalized spacial score (nSPS) is 11.9. The number of nitrogens with zero attached hydrogens (tertiary/aromatic N) is 3. The second-order valence-electron chi connectivity index (χ2n) is 8.00. The maximum absolute atomic E-state index is 14.5. The van der Waals surface area contributed by atoms with E-state index in [4.69, 9.17) is 16.3 Å². The van der Waals surface area contributed by atoms with Gasteiger partial charge in [0.1, 0.15) is 0 Å². The Bertz CT molecular complexity index is 1300. The third-order valence-corrected chi connectivity index (χ3v) is 5.08. The van der Waals surface area contributed by atoms with E-state index in [0.29, 0.717) is 10.6 Å². The molecule has 11 heteroatoms. The van der Waals surface area contributed by atoms with Crippen molar-refractivity contribution < 1.29 is 19.0 Å². The Morgan fingerprint density at radius 1 is 1.15 bits per heavy atom. The van der Waals surface area contributed by atoms with Crippen molar-refractivity contribution in [2.45, 2.75) is 40.0 Å². The van der Waals surface area contributed by atoms with Gasteiger partial charge in [0.15, 0.2) is 11.6 Å². The van der Waals surface area contributed by atoms with Crippen LogP contribution in [0, 0.1) is 11.7 Å². The van der Waals surface area contributed by atoms with Gasteiger partial charge in [0.05, 0.1) is 18.6 Å². The number of carboxylic acids is 1. The van der Waals surface area contributed by atoms with Crippen LogP contribution in [0.4, 0.5) is 16.0 Å². The van der Waals surface area contributed by atoms with E-state index >= 15 is 0 Å². The lowest BCUT2D eigenvalue weighted by atomic mass is 10.2. The van der Waals surface area contributed by atoms with Gasteiger partial charge in [0.2, 0.25) is 5.95 Å². The zero-order chi connectivity index (χ0) is 25.0. The Kier molecular flexibility index (Phi) is 7.72. The zero-order valence-electron chi connectivity index (χ0n) is 18.8. The van der Waals surface area contributed by atoms with Gasteiger partial charge in [-0.25, -0.2) is 18.5 Å². The Hall–Kier alpha value is -3.66. The lowest BCUT2D eigenvalue weighted by Gasteiger charge is -2.17. The molecule has 0 radical (unpaired) electrons. The average molecular weight is 491 g/mol. The quantitative estimate of drug-likeness (QED) is 0.471. The number of hydrogen-bond acceptors (Lipinski definition) is 6. The number of carbonyl (C=O) groups is 1. The Morgan fingerprint density at radius 3 is 2.41 bits per heavy atom. The highest BCUT2D eigenvalue weighted by molar-refractivity contribution is 6.30. The van der Waals surface area contributed by atoms with Gasteiger partial charge in [-0.05, 0) is 43.7 Å². The van der Waals surface area contributed by atoms with Crippen LogP contribution in [0.5, 0.6) is 5.75 Å². The summed E-state index contributed by atoms with van der Waals surface area (Å²) >= 11 is 5.94. The average Bonchev–Trinajstić information content (AvgIpc) is 2.76. The molecule has 3 rings (SSSR count). The number of aliphatic carboxylic acids is 1. The van der Waals surface area contributed by atoms with Crippen LogP contribution in [-0.4, -0.2) is 31.3 Å². The van der Waals surface area contributed by atoms with Crippen molar-refractivity contribution in [1.82, 2.24) is 14.1 Å². The Balaban J connectivity index is 2.05. The molecule has 0 fully saturated rings. The molecule has 0 amide bonds. The van der Waals surface area contributed by atoms with E-state index in [1.807, 2.05) is 0 Å². The maximum atomic E-state index is 14.5. The summed E-state index contributed by atoms with van der Waals surface area (Å²) in [7, 11) is 0. The number of nitrogens with one attached hydrogen (secondary N) is 1. The molecule has 0 aliphatic carbocycles. The number of ether oxygens (including phenoxy) is 1. The summed E-state index contributed by atoms with van der Waals surface area (Å²) in [6.45, 7) is 4.57. The lowest BCUT2D eigenvalue weighted by molar-refractivity contribution is -0.141. The second-order valence-corrected chi connectivity index (χ2v) is 8.44. The van der Waals surface area contributed by atoms with Gasteiger partial charge in [0, 0.05) is 23.3 Å². The first-order valence-electron chi connectivity index (χ1n) is 10.5. The number of hydrogen-bond donors (Lipinski definition) is 2. The summed E-state index contributed by atoms with van der Waals surface area (Å²) in [6, 6.07) is 10.8. The van der Waals surface area contributed by atoms with Gasteiger partial charge in [-0.2, -0.15) is 4.98 Å². The van der Waals surface area contributed by atoms with Gasteiger partial charge in [-0.1, -0.05) is 30.7 Å². The molecule has 1 aromatic heterocycles. The monoisotopic (exact) mass is 490 g/mol. The third kappa shape index (κ3) is 6.02. The molecule has 1 unspecified atom stereocenters. The molecule has 0 aliphatic rings. The fourth-order valence-electron chi connectivity index (χ4n) is 3.11. The Labute approximate surface area is 199 Å². The minimum atomic E-state index is -1.16. The van der Waals surface area contributed by atoms with Crippen LogP contribution < -0.4 is 21.4 Å². The molecule has 0 bridgehead atoms. The van der Waals surface area contributed by atoms with Crippen LogP contribution in [0.1, 0.15) is 26.3 Å². The highest BCUT2D eigenvalue weighted by Crippen LogP contribution is 2.24. The van der Waals surface area contributed by atoms with Crippen molar-refractivity contribution in [1.29, 1.82) is 0 Å². The van der Waals surface area contributed by atoms with Crippen molar-refractivity contribution in [3.05, 3.63) is 79.8 Å². The topological polar surface area (TPSA) is 115 Å². The molecule has 2 aromatic carbocycles. The van der Waals surface area contributed by atoms with Gasteiger partial charge < -0.3 is 15.2 Å². The number of halogens is 2. The molecular weight excluding hydrogens is 467 g/mol. The Morgan fingerprint density at radius 2 is 1.82 bits per heavy atom. The smallest absolute Gasteiger partial charge is 0.354 e. The predicted octanol–water partition coefficient (Wildman–Crippen LogP) is 3.50. The SMILES string of the molecule is CC(C)Oc1ccc(Nc2nc(=O)n(CC(C)C(=O)O)c(=O)n2Cc2ccc(Cl)cc2)cc1F. The minimum Gasteiger partial charge on any atom is -0.488 e. The van der Waals surface area contributed by atoms with Crippen LogP contribution in [0.2, 0.25) is 5.02 Å². The lowest BCUT2D eigenvalue weighted by Crippen LogP contribution is -2.44. The number of rotatable bonds is 9. The van der Waals surface area contributed by atoms with Crippen LogP contribution in [0.15, 0.2) is 52.1 Å². The minimum absolute atomic E-state index is 0.00406. The molecule has 0 saturated carbocycles. The van der Waals surface area contributed by atoms with Crippen molar-refractivity contribution >= 4 is 29.2 Å². The van der Waals surface area contributed by atoms with Crippen molar-refractivity contribution in [3.63, 3.8) is 0 Å². The summed E-state index contributed by atoms with van der Waals surface area (Å²) in [5.74, 6) is -2.84. The first-order chi connectivity index (χ1) is 16.0. The van der Waals surface area contributed by atoms with E-state index in [1.54, 1.807) is 38.1 Å². The standard InChI is InChI=1S/C23H24ClFN4O5/c1-13(2)34-19-9-8-17(10-18(19)25)26-21-27-22(32)29(11-14(3)20(30)31)23(33)28(21)12-15-4-6-16(24)7-5-15/h4-10,13-14H,11-12H2,1-3H3,(H,30,31)(H,26,27,32). The van der Waals surface area contributed by atoms with E-state index in [0.717, 1.165) is 10.6 Å². The second kappa shape index (κ2) is 10.5. The molecular formula is C23H24ClFN4O5. The highest BCUT2D eigenvalue weighted by atomic mass is 35.5. The van der Waals surface area contributed by atoms with Crippen molar-refractivity contribution in [2.24, 2.45) is 5.92 Å². The first kappa shape index (κ1) is 25.0. The molecule has 34 heavy (non-hydrogen) atoms. The van der Waals surface area contributed by atoms with Gasteiger partial charge in [-0.15, -0.1) is 0 Å². The van der Waals surface area contributed by atoms with E-state index in [9.17, 15) is 23.9 Å². The summed E-state index contributed by atoms with van der Waals surface area (Å²) in [6.07, 6.45) is -0.222. The molecule has 9 nitrogen and oxygen atoms in total. The third-order valence-electron chi connectivity index (χ3n) is 4.83. The molecule has 0 saturated heterocycles. The summed E-state index contributed by atoms with van der Waals surface area (Å²) < 4.78 is 21.8.